The highest BCUT2D eigenvalue weighted by molar-refractivity contribution is 7.90. The first-order valence-electron chi connectivity index (χ1n) is 7.41. The Morgan fingerprint density at radius 1 is 1.19 bits per heavy atom. The van der Waals surface area contributed by atoms with Crippen LogP contribution in [0, 0.1) is 0 Å². The summed E-state index contributed by atoms with van der Waals surface area (Å²) in [6.45, 7) is 1.09. The molecule has 2 aromatic carbocycles. The largest absolute Gasteiger partial charge is 0.479 e. The zero-order chi connectivity index (χ0) is 20.6. The number of hydrogen-bond acceptors (Lipinski definition) is 4. The van der Waals surface area contributed by atoms with Gasteiger partial charge in [-0.1, -0.05) is 23.7 Å². The van der Waals surface area contributed by atoms with Crippen LogP contribution in [0.5, 0.6) is 5.75 Å². The number of carboxylic acid groups (broad SMARTS) is 1. The Morgan fingerprint density at radius 3 is 2.19 bits per heavy atom. The molecule has 0 bridgehead atoms. The average molecular weight is 423 g/mol. The smallest absolute Gasteiger partial charge is 0.420 e. The SMILES string of the molecule is C[C@H](Oc1c(-c2ccc(S(C)(=O)=O)cc2)cc(Cl)cc1C(F)(F)F)C(=O)O. The van der Waals surface area contributed by atoms with E-state index in [9.17, 15) is 26.4 Å². The molecule has 1 N–H and O–H groups in total. The van der Waals surface area contributed by atoms with Crippen molar-refractivity contribution in [2.24, 2.45) is 0 Å². The quantitative estimate of drug-likeness (QED) is 0.777. The van der Waals surface area contributed by atoms with E-state index in [0.29, 0.717) is 6.07 Å². The third-order valence-corrected chi connectivity index (χ3v) is 4.94. The lowest BCUT2D eigenvalue weighted by Crippen LogP contribution is -2.24. The van der Waals surface area contributed by atoms with Crippen molar-refractivity contribution in [2.75, 3.05) is 6.26 Å². The maximum atomic E-state index is 13.4. The fourth-order valence-electron chi connectivity index (χ4n) is 2.25. The van der Waals surface area contributed by atoms with Crippen LogP contribution in [0.3, 0.4) is 0 Å². The molecule has 0 heterocycles. The van der Waals surface area contributed by atoms with E-state index in [4.69, 9.17) is 21.4 Å². The Balaban J connectivity index is 2.70. The Labute approximate surface area is 158 Å². The molecule has 0 spiro atoms. The fourth-order valence-corrected chi connectivity index (χ4v) is 3.10. The van der Waals surface area contributed by atoms with Crippen molar-refractivity contribution >= 4 is 27.4 Å². The number of halogens is 4. The molecule has 0 aliphatic rings. The van der Waals surface area contributed by atoms with Crippen molar-refractivity contribution in [2.45, 2.75) is 24.1 Å². The molecule has 2 aromatic rings. The number of carboxylic acids is 1. The number of hydrogen-bond donors (Lipinski definition) is 1. The van der Waals surface area contributed by atoms with E-state index in [-0.39, 0.29) is 21.0 Å². The van der Waals surface area contributed by atoms with Crippen LogP contribution < -0.4 is 4.74 Å². The summed E-state index contributed by atoms with van der Waals surface area (Å²) in [5, 5.41) is 8.74. The van der Waals surface area contributed by atoms with Gasteiger partial charge in [0.2, 0.25) is 0 Å². The minimum Gasteiger partial charge on any atom is -0.479 e. The van der Waals surface area contributed by atoms with Gasteiger partial charge in [-0.2, -0.15) is 13.2 Å². The Morgan fingerprint density at radius 2 is 1.74 bits per heavy atom. The van der Waals surface area contributed by atoms with E-state index >= 15 is 0 Å². The normalized spacial score (nSPS) is 13.3. The molecule has 0 amide bonds. The Hall–Kier alpha value is -2.26. The molecular formula is C17H14ClF3O5S. The van der Waals surface area contributed by atoms with Crippen LogP contribution in [0.25, 0.3) is 11.1 Å². The molecule has 0 fully saturated rings. The maximum Gasteiger partial charge on any atom is 0.420 e. The van der Waals surface area contributed by atoms with Crippen molar-refractivity contribution in [3.8, 4) is 16.9 Å². The van der Waals surface area contributed by atoms with Crippen LogP contribution in [0.1, 0.15) is 12.5 Å². The zero-order valence-electron chi connectivity index (χ0n) is 14.0. The van der Waals surface area contributed by atoms with Gasteiger partial charge in [0.25, 0.3) is 0 Å². The molecule has 0 aliphatic carbocycles. The molecule has 0 saturated heterocycles. The third-order valence-electron chi connectivity index (χ3n) is 3.59. The van der Waals surface area contributed by atoms with E-state index in [1.165, 1.54) is 30.3 Å². The number of alkyl halides is 3. The molecule has 5 nitrogen and oxygen atoms in total. The summed E-state index contributed by atoms with van der Waals surface area (Å²) in [4.78, 5) is 11.0. The summed E-state index contributed by atoms with van der Waals surface area (Å²) in [5.74, 6) is -2.15. The second-order valence-corrected chi connectivity index (χ2v) is 8.17. The number of aliphatic carboxylic acids is 1. The summed E-state index contributed by atoms with van der Waals surface area (Å²) in [5.41, 5.74) is -1.16. The third kappa shape index (κ3) is 4.92. The topological polar surface area (TPSA) is 80.7 Å². The second-order valence-electron chi connectivity index (χ2n) is 5.72. The van der Waals surface area contributed by atoms with Crippen molar-refractivity contribution in [3.63, 3.8) is 0 Å². The van der Waals surface area contributed by atoms with Gasteiger partial charge in [-0.05, 0) is 36.8 Å². The van der Waals surface area contributed by atoms with Gasteiger partial charge < -0.3 is 9.84 Å². The van der Waals surface area contributed by atoms with Crippen molar-refractivity contribution in [3.05, 3.63) is 47.0 Å². The molecule has 10 heteroatoms. The molecule has 2 rings (SSSR count). The van der Waals surface area contributed by atoms with Crippen LogP contribution >= 0.6 is 11.6 Å². The van der Waals surface area contributed by atoms with E-state index in [0.717, 1.165) is 13.2 Å². The number of sulfone groups is 1. The maximum absolute atomic E-state index is 13.4. The predicted molar refractivity (Wildman–Crippen MR) is 92.7 cm³/mol. The van der Waals surface area contributed by atoms with Crippen molar-refractivity contribution < 1.29 is 36.2 Å². The summed E-state index contributed by atoms with van der Waals surface area (Å²) in [7, 11) is -3.50. The lowest BCUT2D eigenvalue weighted by molar-refractivity contribution is -0.147. The molecule has 0 radical (unpaired) electrons. The highest BCUT2D eigenvalue weighted by Gasteiger charge is 2.37. The van der Waals surface area contributed by atoms with Gasteiger partial charge >= 0.3 is 12.1 Å². The molecule has 0 aliphatic heterocycles. The summed E-state index contributed by atoms with van der Waals surface area (Å²) < 4.78 is 68.5. The summed E-state index contributed by atoms with van der Waals surface area (Å²) in [6, 6.07) is 6.86. The van der Waals surface area contributed by atoms with Crippen LogP contribution in [0.15, 0.2) is 41.3 Å². The summed E-state index contributed by atoms with van der Waals surface area (Å²) in [6.07, 6.45) is -5.41. The van der Waals surface area contributed by atoms with Gasteiger partial charge in [0.15, 0.2) is 15.9 Å². The first-order valence-corrected chi connectivity index (χ1v) is 9.68. The van der Waals surface area contributed by atoms with E-state index in [1.807, 2.05) is 0 Å². The molecule has 0 unspecified atom stereocenters. The first kappa shape index (κ1) is 21.0. The molecule has 27 heavy (non-hydrogen) atoms. The predicted octanol–water partition coefficient (Wildman–Crippen LogP) is 4.28. The monoisotopic (exact) mass is 422 g/mol. The average Bonchev–Trinajstić information content (AvgIpc) is 2.54. The van der Waals surface area contributed by atoms with E-state index in [2.05, 4.69) is 0 Å². The number of benzene rings is 2. The van der Waals surface area contributed by atoms with Crippen molar-refractivity contribution in [1.82, 2.24) is 0 Å². The highest BCUT2D eigenvalue weighted by atomic mass is 35.5. The Kier molecular flexibility index (Phi) is 5.77. The van der Waals surface area contributed by atoms with Gasteiger partial charge in [0.1, 0.15) is 5.75 Å². The van der Waals surface area contributed by atoms with Gasteiger partial charge in [-0.3, -0.25) is 0 Å². The van der Waals surface area contributed by atoms with Gasteiger partial charge in [0.05, 0.1) is 10.5 Å². The number of carbonyl (C=O) groups is 1. The molecule has 0 saturated carbocycles. The lowest BCUT2D eigenvalue weighted by Gasteiger charge is -2.20. The Bertz CT molecular complexity index is 969. The van der Waals surface area contributed by atoms with Crippen molar-refractivity contribution in [1.29, 1.82) is 0 Å². The lowest BCUT2D eigenvalue weighted by atomic mass is 10.0. The highest BCUT2D eigenvalue weighted by Crippen LogP contribution is 2.44. The molecule has 0 aromatic heterocycles. The van der Waals surface area contributed by atoms with E-state index < -0.39 is 39.4 Å². The van der Waals surface area contributed by atoms with Gasteiger partial charge in [0, 0.05) is 16.8 Å². The van der Waals surface area contributed by atoms with Crippen LogP contribution in [-0.2, 0) is 20.8 Å². The minimum absolute atomic E-state index is 0.0225. The standard InChI is InChI=1S/C17H14ClF3O5S/c1-9(16(22)23)26-15-13(7-11(18)8-14(15)17(19,20)21)10-3-5-12(6-4-10)27(2,24)25/h3-9H,1-2H3,(H,22,23)/t9-/m0/s1. The first-order chi connectivity index (χ1) is 12.3. The summed E-state index contributed by atoms with van der Waals surface area (Å²) >= 11 is 5.81. The molecular weight excluding hydrogens is 409 g/mol. The second kappa shape index (κ2) is 7.40. The number of ether oxygens (including phenoxy) is 1. The minimum atomic E-state index is -4.85. The molecule has 1 atom stereocenters. The molecule has 146 valence electrons. The van der Waals surface area contributed by atoms with Crippen LogP contribution in [-0.4, -0.2) is 31.9 Å². The van der Waals surface area contributed by atoms with Gasteiger partial charge in [-0.25, -0.2) is 13.2 Å². The number of rotatable bonds is 5. The van der Waals surface area contributed by atoms with Crippen LogP contribution in [0.2, 0.25) is 5.02 Å². The fraction of sp³-hybridized carbons (Fsp3) is 0.235. The van der Waals surface area contributed by atoms with Crippen LogP contribution in [0.4, 0.5) is 13.2 Å². The van der Waals surface area contributed by atoms with E-state index in [1.54, 1.807) is 0 Å². The van der Waals surface area contributed by atoms with Gasteiger partial charge in [-0.15, -0.1) is 0 Å². The zero-order valence-corrected chi connectivity index (χ0v) is 15.6.